The first kappa shape index (κ1) is 14.1. The molecule has 0 radical (unpaired) electrons. The van der Waals surface area contributed by atoms with Gasteiger partial charge < -0.3 is 15.0 Å². The lowest BCUT2D eigenvalue weighted by Crippen LogP contribution is -2.28. The van der Waals surface area contributed by atoms with Gasteiger partial charge in [-0.3, -0.25) is 0 Å². The van der Waals surface area contributed by atoms with Crippen molar-refractivity contribution in [2.24, 2.45) is 0 Å². The van der Waals surface area contributed by atoms with Gasteiger partial charge in [-0.15, -0.1) is 0 Å². The predicted octanol–water partition coefficient (Wildman–Crippen LogP) is 3.10. The van der Waals surface area contributed by atoms with E-state index in [0.29, 0.717) is 5.02 Å². The number of rotatable bonds is 7. The monoisotopic (exact) mass is 256 g/mol. The second-order valence-electron chi connectivity index (χ2n) is 3.80. The molecule has 0 aliphatic rings. The van der Waals surface area contributed by atoms with Crippen LogP contribution < -0.4 is 10.1 Å². The van der Waals surface area contributed by atoms with E-state index in [9.17, 15) is 0 Å². The first-order valence-corrected chi connectivity index (χ1v) is 6.38. The molecule has 1 rings (SSSR count). The predicted molar refractivity (Wildman–Crippen MR) is 74.3 cm³/mol. The SMILES string of the molecule is CCN(CC)CCNc1ccc(Cl)cc1OC. The lowest BCUT2D eigenvalue weighted by molar-refractivity contribution is 0.316. The van der Waals surface area contributed by atoms with E-state index in [1.807, 2.05) is 18.2 Å². The van der Waals surface area contributed by atoms with E-state index in [4.69, 9.17) is 16.3 Å². The van der Waals surface area contributed by atoms with Gasteiger partial charge in [-0.1, -0.05) is 25.4 Å². The van der Waals surface area contributed by atoms with E-state index in [1.54, 1.807) is 7.11 Å². The van der Waals surface area contributed by atoms with E-state index < -0.39 is 0 Å². The number of hydrogen-bond donors (Lipinski definition) is 1. The summed E-state index contributed by atoms with van der Waals surface area (Å²) in [5.74, 6) is 0.789. The number of benzene rings is 1. The standard InChI is InChI=1S/C13H21ClN2O/c1-4-16(5-2)9-8-15-12-7-6-11(14)10-13(12)17-3/h6-7,10,15H,4-5,8-9H2,1-3H3. The molecule has 0 aliphatic carbocycles. The number of anilines is 1. The van der Waals surface area contributed by atoms with Crippen LogP contribution in [0.5, 0.6) is 5.75 Å². The molecule has 0 saturated carbocycles. The molecule has 0 heterocycles. The average Bonchev–Trinajstić information content (AvgIpc) is 2.36. The summed E-state index contributed by atoms with van der Waals surface area (Å²) in [6, 6.07) is 5.63. The summed E-state index contributed by atoms with van der Waals surface area (Å²) in [6.07, 6.45) is 0. The van der Waals surface area contributed by atoms with Crippen molar-refractivity contribution >= 4 is 17.3 Å². The number of ether oxygens (including phenoxy) is 1. The molecule has 0 aromatic heterocycles. The molecule has 0 atom stereocenters. The molecule has 0 spiro atoms. The first-order valence-electron chi connectivity index (χ1n) is 6.01. The van der Waals surface area contributed by atoms with Gasteiger partial charge in [0.05, 0.1) is 12.8 Å². The topological polar surface area (TPSA) is 24.5 Å². The summed E-state index contributed by atoms with van der Waals surface area (Å²) < 4.78 is 5.28. The van der Waals surface area contributed by atoms with Gasteiger partial charge in [0.25, 0.3) is 0 Å². The van der Waals surface area contributed by atoms with Crippen LogP contribution in [0.15, 0.2) is 18.2 Å². The Morgan fingerprint density at radius 1 is 1.29 bits per heavy atom. The Labute approximate surface area is 109 Å². The molecule has 0 amide bonds. The van der Waals surface area contributed by atoms with Crippen LogP contribution >= 0.6 is 11.6 Å². The molecule has 1 aromatic rings. The molecule has 0 unspecified atom stereocenters. The number of methoxy groups -OCH3 is 1. The summed E-state index contributed by atoms with van der Waals surface area (Å²) in [6.45, 7) is 8.43. The molecule has 0 aliphatic heterocycles. The second kappa shape index (κ2) is 7.41. The van der Waals surface area contributed by atoms with E-state index >= 15 is 0 Å². The van der Waals surface area contributed by atoms with Crippen LogP contribution in [0.1, 0.15) is 13.8 Å². The van der Waals surface area contributed by atoms with Gasteiger partial charge in [0.2, 0.25) is 0 Å². The smallest absolute Gasteiger partial charge is 0.143 e. The third-order valence-corrected chi connectivity index (χ3v) is 3.04. The molecular formula is C13H21ClN2O. The van der Waals surface area contributed by atoms with Crippen LogP contribution in [0, 0.1) is 0 Å². The Morgan fingerprint density at radius 3 is 2.59 bits per heavy atom. The highest BCUT2D eigenvalue weighted by Crippen LogP contribution is 2.27. The van der Waals surface area contributed by atoms with Crippen LogP contribution in [-0.2, 0) is 0 Å². The second-order valence-corrected chi connectivity index (χ2v) is 4.23. The Morgan fingerprint density at radius 2 is 2.00 bits per heavy atom. The van der Waals surface area contributed by atoms with E-state index in [-0.39, 0.29) is 0 Å². The highest BCUT2D eigenvalue weighted by atomic mass is 35.5. The molecule has 0 fully saturated rings. The first-order chi connectivity index (χ1) is 8.21. The average molecular weight is 257 g/mol. The van der Waals surface area contributed by atoms with E-state index in [2.05, 4.69) is 24.1 Å². The van der Waals surface area contributed by atoms with Crippen molar-refractivity contribution < 1.29 is 4.74 Å². The minimum Gasteiger partial charge on any atom is -0.495 e. The summed E-state index contributed by atoms with van der Waals surface area (Å²) in [7, 11) is 1.65. The van der Waals surface area contributed by atoms with Crippen LogP contribution in [0.3, 0.4) is 0 Å². The minimum absolute atomic E-state index is 0.691. The highest BCUT2D eigenvalue weighted by molar-refractivity contribution is 6.30. The normalized spacial score (nSPS) is 10.6. The largest absolute Gasteiger partial charge is 0.495 e. The fourth-order valence-corrected chi connectivity index (χ4v) is 1.86. The van der Waals surface area contributed by atoms with Gasteiger partial charge >= 0.3 is 0 Å². The summed E-state index contributed by atoms with van der Waals surface area (Å²) in [5, 5.41) is 4.06. The molecule has 96 valence electrons. The Bertz CT molecular complexity index is 340. The Kier molecular flexibility index (Phi) is 6.16. The molecule has 17 heavy (non-hydrogen) atoms. The zero-order chi connectivity index (χ0) is 12.7. The Hall–Kier alpha value is -0.930. The number of nitrogens with one attached hydrogen (secondary N) is 1. The molecular weight excluding hydrogens is 236 g/mol. The highest BCUT2D eigenvalue weighted by Gasteiger charge is 2.04. The summed E-state index contributed by atoms with van der Waals surface area (Å²) in [5.41, 5.74) is 0.990. The number of nitrogens with zero attached hydrogens (tertiary/aromatic N) is 1. The lowest BCUT2D eigenvalue weighted by atomic mass is 10.3. The number of hydrogen-bond acceptors (Lipinski definition) is 3. The van der Waals surface area contributed by atoms with Crippen LogP contribution in [0.25, 0.3) is 0 Å². The van der Waals surface area contributed by atoms with Gasteiger partial charge in [0, 0.05) is 24.2 Å². The van der Waals surface area contributed by atoms with Crippen LogP contribution in [0.2, 0.25) is 5.02 Å². The number of likely N-dealkylation sites (N-methyl/N-ethyl adjacent to an activating group) is 1. The summed E-state index contributed by atoms with van der Waals surface area (Å²) >= 11 is 5.91. The maximum Gasteiger partial charge on any atom is 0.143 e. The molecule has 0 bridgehead atoms. The molecule has 3 nitrogen and oxygen atoms in total. The van der Waals surface area contributed by atoms with Crippen LogP contribution in [-0.4, -0.2) is 38.2 Å². The molecule has 1 N–H and O–H groups in total. The van der Waals surface area contributed by atoms with Gasteiger partial charge in [0.1, 0.15) is 5.75 Å². The zero-order valence-corrected chi connectivity index (χ0v) is 11.5. The van der Waals surface area contributed by atoms with Crippen molar-refractivity contribution in [3.8, 4) is 5.75 Å². The maximum absolute atomic E-state index is 5.91. The maximum atomic E-state index is 5.91. The van der Waals surface area contributed by atoms with Crippen molar-refractivity contribution in [3.63, 3.8) is 0 Å². The fourth-order valence-electron chi connectivity index (χ4n) is 1.70. The van der Waals surface area contributed by atoms with E-state index in [0.717, 1.165) is 37.6 Å². The van der Waals surface area contributed by atoms with Crippen molar-refractivity contribution in [1.82, 2.24) is 4.90 Å². The molecule has 4 heteroatoms. The quantitative estimate of drug-likeness (QED) is 0.811. The van der Waals surface area contributed by atoms with Crippen molar-refractivity contribution in [1.29, 1.82) is 0 Å². The number of halogens is 1. The van der Waals surface area contributed by atoms with Gasteiger partial charge in [-0.2, -0.15) is 0 Å². The summed E-state index contributed by atoms with van der Waals surface area (Å²) in [4.78, 5) is 2.37. The minimum atomic E-state index is 0.691. The van der Waals surface area contributed by atoms with Crippen molar-refractivity contribution in [3.05, 3.63) is 23.2 Å². The van der Waals surface area contributed by atoms with Crippen molar-refractivity contribution in [2.75, 3.05) is 38.6 Å². The molecule has 0 saturated heterocycles. The van der Waals surface area contributed by atoms with Crippen molar-refractivity contribution in [2.45, 2.75) is 13.8 Å². The van der Waals surface area contributed by atoms with E-state index in [1.165, 1.54) is 0 Å². The van der Waals surface area contributed by atoms with Gasteiger partial charge in [0.15, 0.2) is 0 Å². The van der Waals surface area contributed by atoms with Gasteiger partial charge in [-0.25, -0.2) is 0 Å². The zero-order valence-electron chi connectivity index (χ0n) is 10.8. The fraction of sp³-hybridized carbons (Fsp3) is 0.538. The molecule has 1 aromatic carbocycles. The van der Waals surface area contributed by atoms with Crippen LogP contribution in [0.4, 0.5) is 5.69 Å². The lowest BCUT2D eigenvalue weighted by Gasteiger charge is -2.19. The third kappa shape index (κ3) is 4.44. The Balaban J connectivity index is 2.51. The third-order valence-electron chi connectivity index (χ3n) is 2.80. The van der Waals surface area contributed by atoms with Gasteiger partial charge in [-0.05, 0) is 25.2 Å².